The summed E-state index contributed by atoms with van der Waals surface area (Å²) in [7, 11) is 0. The fourth-order valence-electron chi connectivity index (χ4n) is 9.15. The highest BCUT2D eigenvalue weighted by Gasteiger charge is 2.28. The minimum Gasteiger partial charge on any atom is -0.507 e. The van der Waals surface area contributed by atoms with Crippen molar-refractivity contribution in [3.63, 3.8) is 0 Å². The average Bonchev–Trinajstić information content (AvgIpc) is 3.24. The molecule has 0 aliphatic heterocycles. The number of phenols is 2. The van der Waals surface area contributed by atoms with E-state index in [0.717, 1.165) is 55.8 Å². The summed E-state index contributed by atoms with van der Waals surface area (Å²) in [6.07, 6.45) is 0.632. The Labute approximate surface area is 385 Å². The molecule has 0 unspecified atom stereocenters. The van der Waals surface area contributed by atoms with Crippen LogP contribution in [-0.4, -0.2) is 23.4 Å². The first kappa shape index (κ1) is 48.0. The molecule has 6 aromatic rings. The fourth-order valence-corrected chi connectivity index (χ4v) is 9.15. The second-order valence-corrected chi connectivity index (χ2v) is 20.0. The summed E-state index contributed by atoms with van der Waals surface area (Å²) in [6.45, 7) is 34.1. The zero-order chi connectivity index (χ0) is 46.7. The lowest BCUT2D eigenvalue weighted by atomic mass is 9.80. The van der Waals surface area contributed by atoms with Crippen LogP contribution in [0.25, 0.3) is 44.5 Å². The first-order valence-electron chi connectivity index (χ1n) is 23.8. The summed E-state index contributed by atoms with van der Waals surface area (Å²) in [5.74, 6) is 3.60. The molecule has 0 saturated carbocycles. The van der Waals surface area contributed by atoms with Crippen molar-refractivity contribution in [1.82, 2.24) is 0 Å². The van der Waals surface area contributed by atoms with Crippen molar-refractivity contribution in [3.05, 3.63) is 141 Å². The van der Waals surface area contributed by atoms with Gasteiger partial charge in [0.05, 0.1) is 13.2 Å². The van der Waals surface area contributed by atoms with Crippen LogP contribution in [0.4, 0.5) is 0 Å². The summed E-state index contributed by atoms with van der Waals surface area (Å²) in [5.41, 5.74) is 17.5. The smallest absolute Gasteiger partial charge is 0.135 e. The van der Waals surface area contributed by atoms with Gasteiger partial charge in [0, 0.05) is 39.8 Å². The quantitative estimate of drug-likeness (QED) is 0.0952. The van der Waals surface area contributed by atoms with Crippen LogP contribution in [0, 0.1) is 20.8 Å². The molecular weight excluding hydrogens is 785 g/mol. The normalized spacial score (nSPS) is 11.9. The molecule has 0 saturated heterocycles. The summed E-state index contributed by atoms with van der Waals surface area (Å²) in [5, 5.41) is 25.6. The van der Waals surface area contributed by atoms with Gasteiger partial charge in [-0.05, 0) is 166 Å². The Kier molecular flexibility index (Phi) is 15.1. The van der Waals surface area contributed by atoms with Gasteiger partial charge in [-0.25, -0.2) is 0 Å². The van der Waals surface area contributed by atoms with E-state index in [-0.39, 0.29) is 35.2 Å². The molecule has 0 spiro atoms. The van der Waals surface area contributed by atoms with Crippen molar-refractivity contribution in [2.24, 2.45) is 0 Å². The van der Waals surface area contributed by atoms with E-state index in [2.05, 4.69) is 165 Å². The number of hydrogen-bond acceptors (Lipinski definition) is 4. The van der Waals surface area contributed by atoms with Crippen molar-refractivity contribution in [2.45, 2.75) is 146 Å². The van der Waals surface area contributed by atoms with Gasteiger partial charge in [-0.15, -0.1) is 0 Å². The third-order valence-electron chi connectivity index (χ3n) is 12.7. The molecule has 0 fully saturated rings. The number of rotatable bonds is 16. The van der Waals surface area contributed by atoms with E-state index >= 15 is 0 Å². The Hall–Kier alpha value is -5.48. The molecule has 4 nitrogen and oxygen atoms in total. The topological polar surface area (TPSA) is 58.9 Å². The predicted octanol–water partition coefficient (Wildman–Crippen LogP) is 17.3. The monoisotopic (exact) mass is 859 g/mol. The van der Waals surface area contributed by atoms with E-state index in [1.54, 1.807) is 0 Å². The van der Waals surface area contributed by atoms with Crippen LogP contribution in [0.1, 0.15) is 175 Å². The Balaban J connectivity index is 1.63. The molecule has 0 radical (unpaired) electrons. The summed E-state index contributed by atoms with van der Waals surface area (Å²) >= 11 is 0. The molecular formula is C60H74O4. The number of aryl methyl sites for hydroxylation is 3. The zero-order valence-corrected chi connectivity index (χ0v) is 41.5. The van der Waals surface area contributed by atoms with Crippen molar-refractivity contribution >= 4 is 0 Å². The predicted molar refractivity (Wildman–Crippen MR) is 272 cm³/mol. The second kappa shape index (κ2) is 20.1. The molecule has 0 aromatic heterocycles. The van der Waals surface area contributed by atoms with Crippen LogP contribution < -0.4 is 9.47 Å². The largest absolute Gasteiger partial charge is 0.507 e. The van der Waals surface area contributed by atoms with Gasteiger partial charge in [-0.3, -0.25) is 0 Å². The van der Waals surface area contributed by atoms with Crippen molar-refractivity contribution < 1.29 is 19.7 Å². The maximum Gasteiger partial charge on any atom is 0.135 e. The van der Waals surface area contributed by atoms with Crippen LogP contribution in [0.5, 0.6) is 23.0 Å². The van der Waals surface area contributed by atoms with E-state index < -0.39 is 0 Å². The molecule has 338 valence electrons. The van der Waals surface area contributed by atoms with E-state index in [9.17, 15) is 10.2 Å². The third-order valence-corrected chi connectivity index (χ3v) is 12.7. The highest BCUT2D eigenvalue weighted by atomic mass is 16.5. The molecule has 4 heteroatoms. The van der Waals surface area contributed by atoms with Gasteiger partial charge in [-0.2, -0.15) is 0 Å². The molecule has 2 N–H and O–H groups in total. The maximum absolute atomic E-state index is 12.8. The SMILES string of the molecule is Cc1cc(-c2cc(C)cc(-c3cc(C)cc(-c4c(C(C)C)cc(C(C)C)cc4C(C)C)c3O)c2OCCCOc2ccccc2)c(O)c(-c2c(C(C)C)cc(C(C)C)cc2C(C)C)c1. The first-order valence-corrected chi connectivity index (χ1v) is 23.8. The summed E-state index contributed by atoms with van der Waals surface area (Å²) < 4.78 is 13.1. The molecule has 0 atom stereocenters. The molecule has 0 bridgehead atoms. The molecule has 0 amide bonds. The Morgan fingerprint density at radius 3 is 1.06 bits per heavy atom. The molecule has 0 aliphatic rings. The second-order valence-electron chi connectivity index (χ2n) is 20.0. The highest BCUT2D eigenvalue weighted by molar-refractivity contribution is 5.94. The molecule has 6 rings (SSSR count). The van der Waals surface area contributed by atoms with E-state index in [4.69, 9.17) is 9.47 Å². The molecule has 0 aliphatic carbocycles. The van der Waals surface area contributed by atoms with E-state index in [0.29, 0.717) is 48.3 Å². The Bertz CT molecular complexity index is 2380. The number of phenolic OH excluding ortho intramolecular Hbond substituents is 2. The zero-order valence-electron chi connectivity index (χ0n) is 41.5. The lowest BCUT2D eigenvalue weighted by Crippen LogP contribution is -2.07. The first-order chi connectivity index (χ1) is 30.3. The summed E-state index contributed by atoms with van der Waals surface area (Å²) in [4.78, 5) is 0. The lowest BCUT2D eigenvalue weighted by molar-refractivity contribution is 0.248. The van der Waals surface area contributed by atoms with Gasteiger partial charge >= 0.3 is 0 Å². The number of aromatic hydroxyl groups is 2. The van der Waals surface area contributed by atoms with E-state index in [1.807, 2.05) is 30.3 Å². The minimum absolute atomic E-state index is 0.225. The Morgan fingerprint density at radius 2 is 0.719 bits per heavy atom. The third kappa shape index (κ3) is 10.2. The van der Waals surface area contributed by atoms with Crippen LogP contribution in [-0.2, 0) is 0 Å². The standard InChI is InChI=1S/C60H74O4/c1-34(2)43-30-46(36(5)6)56(47(31-43)37(7)8)54-28-40(13)24-50(58(54)61)52-26-42(15)27-53(60(52)64-23-19-22-63-45-20-17-16-18-21-45)51-25-41(14)29-55(59(51)62)57-48(38(9)10)32-44(35(3)4)33-49(57)39(11)12/h16-18,20-21,24-39,61-62H,19,22-23H2,1-15H3. The minimum atomic E-state index is 0.225. The van der Waals surface area contributed by atoms with Crippen LogP contribution in [0.3, 0.4) is 0 Å². The van der Waals surface area contributed by atoms with Gasteiger partial charge < -0.3 is 19.7 Å². The highest BCUT2D eigenvalue weighted by Crippen LogP contribution is 2.52. The molecule has 6 aromatic carbocycles. The number of para-hydroxylation sites is 1. The van der Waals surface area contributed by atoms with Gasteiger partial charge in [0.2, 0.25) is 0 Å². The van der Waals surface area contributed by atoms with Crippen molar-refractivity contribution in [1.29, 1.82) is 0 Å². The maximum atomic E-state index is 12.8. The van der Waals surface area contributed by atoms with Crippen molar-refractivity contribution in [3.8, 4) is 67.5 Å². The van der Waals surface area contributed by atoms with Crippen LogP contribution >= 0.6 is 0 Å². The number of ether oxygens (including phenoxy) is 2. The van der Waals surface area contributed by atoms with Crippen LogP contribution in [0.2, 0.25) is 0 Å². The number of benzene rings is 6. The van der Waals surface area contributed by atoms with E-state index in [1.165, 1.54) is 33.4 Å². The summed E-state index contributed by atoms with van der Waals surface area (Å²) in [6, 6.07) is 31.9. The lowest BCUT2D eigenvalue weighted by Gasteiger charge is -2.26. The van der Waals surface area contributed by atoms with Gasteiger partial charge in [0.25, 0.3) is 0 Å². The van der Waals surface area contributed by atoms with Gasteiger partial charge in [0.1, 0.15) is 23.0 Å². The van der Waals surface area contributed by atoms with Gasteiger partial charge in [-0.1, -0.05) is 126 Å². The molecule has 0 heterocycles. The van der Waals surface area contributed by atoms with Crippen molar-refractivity contribution in [2.75, 3.05) is 13.2 Å². The molecule has 64 heavy (non-hydrogen) atoms. The fraction of sp³-hybridized carbons (Fsp3) is 0.400. The Morgan fingerprint density at radius 1 is 0.391 bits per heavy atom. The number of hydrogen-bond donors (Lipinski definition) is 2. The average molecular weight is 859 g/mol. The van der Waals surface area contributed by atoms with Gasteiger partial charge in [0.15, 0.2) is 0 Å². The van der Waals surface area contributed by atoms with Crippen LogP contribution in [0.15, 0.2) is 91.0 Å².